The fourth-order valence-corrected chi connectivity index (χ4v) is 1.75. The minimum Gasteiger partial charge on any atom is -0.488 e. The largest absolute Gasteiger partial charge is 0.488 e. The third-order valence-electron chi connectivity index (χ3n) is 2.69. The highest BCUT2D eigenvalue weighted by Gasteiger charge is 2.06. The first kappa shape index (κ1) is 12.8. The number of nitriles is 1. The van der Waals surface area contributed by atoms with Crippen LogP contribution >= 0.6 is 0 Å². The summed E-state index contributed by atoms with van der Waals surface area (Å²) in [6, 6.07) is 10.8. The Bertz CT molecular complexity index is 645. The van der Waals surface area contributed by atoms with Crippen molar-refractivity contribution in [3.8, 4) is 11.8 Å². The fraction of sp³-hybridized carbons (Fsp3) is 0.133. The zero-order valence-corrected chi connectivity index (χ0v) is 10.5. The van der Waals surface area contributed by atoms with Gasteiger partial charge in [0.05, 0.1) is 5.56 Å². The maximum Gasteiger partial charge on any atom is 0.153 e. The number of hydrogen-bond acceptors (Lipinski definition) is 4. The Morgan fingerprint density at radius 2 is 2.26 bits per heavy atom. The highest BCUT2D eigenvalue weighted by Crippen LogP contribution is 2.22. The summed E-state index contributed by atoms with van der Waals surface area (Å²) in [5.41, 5.74) is 2.61. The molecule has 0 atom stereocenters. The van der Waals surface area contributed by atoms with Crippen molar-refractivity contribution in [2.45, 2.75) is 13.5 Å². The van der Waals surface area contributed by atoms with E-state index in [0.717, 1.165) is 17.4 Å². The number of aromatic nitrogens is 1. The SMILES string of the molecule is Cc1cccc(C=O)c1OCc1ccnc(C#N)c1. The van der Waals surface area contributed by atoms with Crippen molar-refractivity contribution in [3.63, 3.8) is 0 Å². The van der Waals surface area contributed by atoms with Crippen LogP contribution in [0.1, 0.15) is 27.2 Å². The van der Waals surface area contributed by atoms with Crippen LogP contribution in [-0.2, 0) is 6.61 Å². The van der Waals surface area contributed by atoms with Gasteiger partial charge in [-0.3, -0.25) is 4.79 Å². The molecule has 0 saturated carbocycles. The lowest BCUT2D eigenvalue weighted by Crippen LogP contribution is -2.01. The van der Waals surface area contributed by atoms with Crippen LogP contribution in [0.5, 0.6) is 5.75 Å². The second-order valence-corrected chi connectivity index (χ2v) is 4.06. The van der Waals surface area contributed by atoms with Crippen molar-refractivity contribution >= 4 is 6.29 Å². The summed E-state index contributed by atoms with van der Waals surface area (Å²) in [5.74, 6) is 0.577. The first-order valence-corrected chi connectivity index (χ1v) is 5.77. The number of carbonyl (C=O) groups is 1. The minimum absolute atomic E-state index is 0.295. The Balaban J connectivity index is 2.19. The van der Waals surface area contributed by atoms with Gasteiger partial charge in [-0.25, -0.2) is 4.98 Å². The molecule has 0 aliphatic heterocycles. The Labute approximate surface area is 111 Å². The lowest BCUT2D eigenvalue weighted by Gasteiger charge is -2.11. The van der Waals surface area contributed by atoms with E-state index in [2.05, 4.69) is 4.98 Å². The van der Waals surface area contributed by atoms with Gasteiger partial charge in [-0.1, -0.05) is 12.1 Å². The molecule has 1 heterocycles. The maximum absolute atomic E-state index is 11.0. The standard InChI is InChI=1S/C15H12N2O2/c1-11-3-2-4-13(9-18)15(11)19-10-12-5-6-17-14(7-12)8-16/h2-7,9H,10H2,1H3. The molecule has 2 rings (SSSR count). The fourth-order valence-electron chi connectivity index (χ4n) is 1.75. The number of aldehydes is 1. The summed E-state index contributed by atoms with van der Waals surface area (Å²) < 4.78 is 5.68. The molecule has 0 bridgehead atoms. The lowest BCUT2D eigenvalue weighted by atomic mass is 10.1. The van der Waals surface area contributed by atoms with E-state index in [0.29, 0.717) is 23.6 Å². The summed E-state index contributed by atoms with van der Waals surface area (Å²) in [5, 5.41) is 8.77. The number of rotatable bonds is 4. The summed E-state index contributed by atoms with van der Waals surface area (Å²) in [4.78, 5) is 14.8. The minimum atomic E-state index is 0.295. The van der Waals surface area contributed by atoms with Crippen molar-refractivity contribution in [2.75, 3.05) is 0 Å². The van der Waals surface area contributed by atoms with E-state index in [-0.39, 0.29) is 0 Å². The molecule has 0 amide bonds. The molecule has 0 fully saturated rings. The third kappa shape index (κ3) is 2.96. The first-order chi connectivity index (χ1) is 9.24. The van der Waals surface area contributed by atoms with Crippen LogP contribution in [-0.4, -0.2) is 11.3 Å². The molecule has 4 heteroatoms. The molecule has 2 aromatic rings. The number of carbonyl (C=O) groups excluding carboxylic acids is 1. The van der Waals surface area contributed by atoms with Gasteiger partial charge >= 0.3 is 0 Å². The van der Waals surface area contributed by atoms with Gasteiger partial charge in [0.1, 0.15) is 24.1 Å². The number of para-hydroxylation sites is 1. The van der Waals surface area contributed by atoms with E-state index < -0.39 is 0 Å². The van der Waals surface area contributed by atoms with Crippen LogP contribution in [0, 0.1) is 18.3 Å². The van der Waals surface area contributed by atoms with Gasteiger partial charge < -0.3 is 4.74 Å². The average Bonchev–Trinajstić information content (AvgIpc) is 2.46. The van der Waals surface area contributed by atoms with Gasteiger partial charge in [0.25, 0.3) is 0 Å². The van der Waals surface area contributed by atoms with Crippen molar-refractivity contribution in [1.29, 1.82) is 5.26 Å². The lowest BCUT2D eigenvalue weighted by molar-refractivity contribution is 0.111. The Morgan fingerprint density at radius 3 is 3.00 bits per heavy atom. The quantitative estimate of drug-likeness (QED) is 0.785. The highest BCUT2D eigenvalue weighted by molar-refractivity contribution is 5.80. The van der Waals surface area contributed by atoms with Crippen LogP contribution in [0.2, 0.25) is 0 Å². The monoisotopic (exact) mass is 252 g/mol. The van der Waals surface area contributed by atoms with Crippen LogP contribution in [0.15, 0.2) is 36.5 Å². The van der Waals surface area contributed by atoms with E-state index in [1.807, 2.05) is 25.1 Å². The van der Waals surface area contributed by atoms with Gasteiger partial charge in [0.2, 0.25) is 0 Å². The Morgan fingerprint density at radius 1 is 1.42 bits per heavy atom. The van der Waals surface area contributed by atoms with E-state index in [4.69, 9.17) is 10.00 Å². The van der Waals surface area contributed by atoms with Gasteiger partial charge in [0, 0.05) is 6.20 Å². The summed E-state index contributed by atoms with van der Waals surface area (Å²) in [6.45, 7) is 2.18. The number of hydrogen-bond donors (Lipinski definition) is 0. The predicted octanol–water partition coefficient (Wildman–Crippen LogP) is 2.65. The van der Waals surface area contributed by atoms with Gasteiger partial charge in [-0.2, -0.15) is 5.26 Å². The van der Waals surface area contributed by atoms with Gasteiger partial charge in [0.15, 0.2) is 6.29 Å². The summed E-state index contributed by atoms with van der Waals surface area (Å²) in [6.07, 6.45) is 2.34. The zero-order chi connectivity index (χ0) is 13.7. The van der Waals surface area contributed by atoms with Crippen LogP contribution < -0.4 is 4.74 Å². The highest BCUT2D eigenvalue weighted by atomic mass is 16.5. The second kappa shape index (κ2) is 5.78. The molecular formula is C15H12N2O2. The molecule has 1 aromatic carbocycles. The Hall–Kier alpha value is -2.67. The van der Waals surface area contributed by atoms with Crippen LogP contribution in [0.25, 0.3) is 0 Å². The number of aryl methyl sites for hydroxylation is 1. The number of ether oxygens (including phenoxy) is 1. The molecule has 0 aliphatic rings. The Kier molecular flexibility index (Phi) is 3.89. The van der Waals surface area contributed by atoms with E-state index in [1.54, 1.807) is 24.4 Å². The smallest absolute Gasteiger partial charge is 0.153 e. The molecule has 0 saturated heterocycles. The third-order valence-corrected chi connectivity index (χ3v) is 2.69. The summed E-state index contributed by atoms with van der Waals surface area (Å²) in [7, 11) is 0. The zero-order valence-electron chi connectivity index (χ0n) is 10.5. The molecule has 1 aromatic heterocycles. The van der Waals surface area contributed by atoms with Crippen LogP contribution in [0.4, 0.5) is 0 Å². The number of nitrogens with zero attached hydrogens (tertiary/aromatic N) is 2. The molecule has 4 nitrogen and oxygen atoms in total. The van der Waals surface area contributed by atoms with E-state index in [1.165, 1.54) is 0 Å². The first-order valence-electron chi connectivity index (χ1n) is 5.77. The second-order valence-electron chi connectivity index (χ2n) is 4.06. The normalized spacial score (nSPS) is 9.68. The van der Waals surface area contributed by atoms with E-state index >= 15 is 0 Å². The van der Waals surface area contributed by atoms with Crippen molar-refractivity contribution in [2.24, 2.45) is 0 Å². The molecular weight excluding hydrogens is 240 g/mol. The predicted molar refractivity (Wildman–Crippen MR) is 69.9 cm³/mol. The number of pyridine rings is 1. The van der Waals surface area contributed by atoms with Gasteiger partial charge in [-0.15, -0.1) is 0 Å². The molecule has 0 aliphatic carbocycles. The van der Waals surface area contributed by atoms with E-state index in [9.17, 15) is 4.79 Å². The molecule has 94 valence electrons. The summed E-state index contributed by atoms with van der Waals surface area (Å²) >= 11 is 0. The topological polar surface area (TPSA) is 63.0 Å². The molecule has 0 unspecified atom stereocenters. The molecule has 0 radical (unpaired) electrons. The maximum atomic E-state index is 11.0. The molecule has 0 spiro atoms. The average molecular weight is 252 g/mol. The van der Waals surface area contributed by atoms with Crippen molar-refractivity contribution < 1.29 is 9.53 Å². The van der Waals surface area contributed by atoms with Crippen LogP contribution in [0.3, 0.4) is 0 Å². The van der Waals surface area contributed by atoms with Crippen molar-refractivity contribution in [1.82, 2.24) is 4.98 Å². The molecule has 0 N–H and O–H groups in total. The number of benzene rings is 1. The van der Waals surface area contributed by atoms with Gasteiger partial charge in [-0.05, 0) is 36.2 Å². The van der Waals surface area contributed by atoms with Crippen molar-refractivity contribution in [3.05, 3.63) is 58.9 Å². The molecule has 19 heavy (non-hydrogen) atoms.